The highest BCUT2D eigenvalue weighted by molar-refractivity contribution is 5.37. The van der Waals surface area contributed by atoms with Gasteiger partial charge in [0.25, 0.3) is 0 Å². The van der Waals surface area contributed by atoms with Crippen LogP contribution in [-0.2, 0) is 0 Å². The summed E-state index contributed by atoms with van der Waals surface area (Å²) in [5.74, 6) is 6.46. The standard InChI is InChI=1S/C11H14N2O/c1-11(2,12)6-4-9-5-7-13-10(8-9)14-3/h5,7-8H,12H2,1-3H3. The first kappa shape index (κ1) is 10.6. The highest BCUT2D eigenvalue weighted by atomic mass is 16.5. The van der Waals surface area contributed by atoms with Gasteiger partial charge in [0.2, 0.25) is 5.88 Å². The van der Waals surface area contributed by atoms with Crippen molar-refractivity contribution in [3.63, 3.8) is 0 Å². The van der Waals surface area contributed by atoms with Crippen molar-refractivity contribution in [2.75, 3.05) is 7.11 Å². The predicted octanol–water partition coefficient (Wildman–Crippen LogP) is 1.18. The molecule has 74 valence electrons. The molecule has 2 N–H and O–H groups in total. The molecule has 0 aromatic carbocycles. The molecule has 0 aliphatic rings. The molecule has 3 nitrogen and oxygen atoms in total. The van der Waals surface area contributed by atoms with Gasteiger partial charge in [0.15, 0.2) is 0 Å². The zero-order valence-corrected chi connectivity index (χ0v) is 8.66. The molecule has 1 rings (SSSR count). The fourth-order valence-corrected chi connectivity index (χ4v) is 0.832. The Morgan fingerprint density at radius 1 is 1.50 bits per heavy atom. The summed E-state index contributed by atoms with van der Waals surface area (Å²) >= 11 is 0. The largest absolute Gasteiger partial charge is 0.481 e. The minimum absolute atomic E-state index is 0.476. The van der Waals surface area contributed by atoms with Gasteiger partial charge in [0.1, 0.15) is 0 Å². The third-order valence-corrected chi connectivity index (χ3v) is 1.47. The summed E-state index contributed by atoms with van der Waals surface area (Å²) in [5, 5.41) is 0. The number of hydrogen-bond acceptors (Lipinski definition) is 3. The molecule has 0 bridgehead atoms. The van der Waals surface area contributed by atoms with E-state index in [-0.39, 0.29) is 0 Å². The third-order valence-electron chi connectivity index (χ3n) is 1.47. The molecular formula is C11H14N2O. The number of hydrogen-bond donors (Lipinski definition) is 1. The van der Waals surface area contributed by atoms with Crippen molar-refractivity contribution in [2.45, 2.75) is 19.4 Å². The molecule has 0 aliphatic heterocycles. The number of nitrogens with zero attached hydrogens (tertiary/aromatic N) is 1. The molecule has 1 aromatic rings. The maximum absolute atomic E-state index is 5.73. The highest BCUT2D eigenvalue weighted by Crippen LogP contribution is 2.07. The lowest BCUT2D eigenvalue weighted by Crippen LogP contribution is -2.29. The Kier molecular flexibility index (Phi) is 3.10. The maximum atomic E-state index is 5.73. The minimum atomic E-state index is -0.476. The van der Waals surface area contributed by atoms with E-state index in [1.807, 2.05) is 19.9 Å². The summed E-state index contributed by atoms with van der Waals surface area (Å²) in [5.41, 5.74) is 6.11. The zero-order chi connectivity index (χ0) is 10.6. The molecule has 0 saturated heterocycles. The molecule has 3 heteroatoms. The Hall–Kier alpha value is -1.53. The van der Waals surface area contributed by atoms with E-state index >= 15 is 0 Å². The van der Waals surface area contributed by atoms with Gasteiger partial charge in [0, 0.05) is 17.8 Å². The minimum Gasteiger partial charge on any atom is -0.481 e. The van der Waals surface area contributed by atoms with Gasteiger partial charge in [-0.15, -0.1) is 0 Å². The van der Waals surface area contributed by atoms with Crippen molar-refractivity contribution in [2.24, 2.45) is 5.73 Å². The fourth-order valence-electron chi connectivity index (χ4n) is 0.832. The third kappa shape index (κ3) is 3.46. The van der Waals surface area contributed by atoms with Crippen LogP contribution in [0.4, 0.5) is 0 Å². The van der Waals surface area contributed by atoms with E-state index in [1.165, 1.54) is 0 Å². The molecule has 0 saturated carbocycles. The number of aromatic nitrogens is 1. The summed E-state index contributed by atoms with van der Waals surface area (Å²) in [6.45, 7) is 3.72. The van der Waals surface area contributed by atoms with Crippen LogP contribution in [0.1, 0.15) is 19.4 Å². The Bertz CT molecular complexity index is 369. The Labute approximate surface area is 84.3 Å². The van der Waals surface area contributed by atoms with Gasteiger partial charge in [0.05, 0.1) is 12.6 Å². The monoisotopic (exact) mass is 190 g/mol. The highest BCUT2D eigenvalue weighted by Gasteiger charge is 2.03. The molecule has 0 atom stereocenters. The predicted molar refractivity (Wildman–Crippen MR) is 55.9 cm³/mol. The van der Waals surface area contributed by atoms with E-state index in [0.29, 0.717) is 5.88 Å². The van der Waals surface area contributed by atoms with E-state index in [9.17, 15) is 0 Å². The van der Waals surface area contributed by atoms with E-state index in [2.05, 4.69) is 16.8 Å². The molecule has 1 heterocycles. The molecular weight excluding hydrogens is 176 g/mol. The van der Waals surface area contributed by atoms with Gasteiger partial charge in [-0.1, -0.05) is 11.8 Å². The summed E-state index contributed by atoms with van der Waals surface area (Å²) in [6.07, 6.45) is 1.66. The molecule has 0 unspecified atom stereocenters. The second-order valence-electron chi connectivity index (χ2n) is 3.56. The van der Waals surface area contributed by atoms with E-state index in [1.54, 1.807) is 19.4 Å². The molecule has 0 aliphatic carbocycles. The molecule has 14 heavy (non-hydrogen) atoms. The van der Waals surface area contributed by atoms with Crippen LogP contribution >= 0.6 is 0 Å². The van der Waals surface area contributed by atoms with Crippen LogP contribution < -0.4 is 10.5 Å². The molecule has 1 aromatic heterocycles. The van der Waals surface area contributed by atoms with Crippen LogP contribution in [0.2, 0.25) is 0 Å². The lowest BCUT2D eigenvalue weighted by atomic mass is 10.1. The second kappa shape index (κ2) is 4.12. The van der Waals surface area contributed by atoms with Gasteiger partial charge < -0.3 is 10.5 Å². The number of methoxy groups -OCH3 is 1. The van der Waals surface area contributed by atoms with Crippen molar-refractivity contribution in [3.8, 4) is 17.7 Å². The second-order valence-corrected chi connectivity index (χ2v) is 3.56. The molecule has 0 spiro atoms. The normalized spacial score (nSPS) is 10.3. The van der Waals surface area contributed by atoms with Gasteiger partial charge >= 0.3 is 0 Å². The van der Waals surface area contributed by atoms with Crippen LogP contribution in [0, 0.1) is 11.8 Å². The summed E-state index contributed by atoms with van der Waals surface area (Å²) in [7, 11) is 1.58. The van der Waals surface area contributed by atoms with Gasteiger partial charge in [-0.3, -0.25) is 0 Å². The Balaban J connectivity index is 2.90. The quantitative estimate of drug-likeness (QED) is 0.676. The van der Waals surface area contributed by atoms with Crippen LogP contribution in [0.5, 0.6) is 5.88 Å². The van der Waals surface area contributed by atoms with E-state index < -0.39 is 5.54 Å². The first-order chi connectivity index (χ1) is 6.51. The van der Waals surface area contributed by atoms with Gasteiger partial charge in [-0.2, -0.15) is 0 Å². The first-order valence-electron chi connectivity index (χ1n) is 4.33. The van der Waals surface area contributed by atoms with E-state index in [0.717, 1.165) is 5.56 Å². The number of rotatable bonds is 1. The van der Waals surface area contributed by atoms with Crippen molar-refractivity contribution >= 4 is 0 Å². The number of ether oxygens (including phenoxy) is 1. The van der Waals surface area contributed by atoms with Crippen LogP contribution in [0.25, 0.3) is 0 Å². The average molecular weight is 190 g/mol. The van der Waals surface area contributed by atoms with Crippen LogP contribution in [0.3, 0.4) is 0 Å². The lowest BCUT2D eigenvalue weighted by Gasteiger charge is -2.07. The number of pyridine rings is 1. The zero-order valence-electron chi connectivity index (χ0n) is 8.66. The van der Waals surface area contributed by atoms with Crippen molar-refractivity contribution in [3.05, 3.63) is 23.9 Å². The van der Waals surface area contributed by atoms with Gasteiger partial charge in [-0.05, 0) is 19.9 Å². The average Bonchev–Trinajstić information content (AvgIpc) is 2.14. The van der Waals surface area contributed by atoms with Crippen molar-refractivity contribution in [1.29, 1.82) is 0 Å². The summed E-state index contributed by atoms with van der Waals surface area (Å²) in [4.78, 5) is 3.98. The topological polar surface area (TPSA) is 48.1 Å². The smallest absolute Gasteiger partial charge is 0.214 e. The maximum Gasteiger partial charge on any atom is 0.214 e. The Morgan fingerprint density at radius 2 is 2.21 bits per heavy atom. The van der Waals surface area contributed by atoms with Crippen LogP contribution in [0.15, 0.2) is 18.3 Å². The first-order valence-corrected chi connectivity index (χ1v) is 4.33. The Morgan fingerprint density at radius 3 is 2.79 bits per heavy atom. The van der Waals surface area contributed by atoms with Crippen molar-refractivity contribution in [1.82, 2.24) is 4.98 Å². The summed E-state index contributed by atoms with van der Waals surface area (Å²) < 4.78 is 4.98. The van der Waals surface area contributed by atoms with Gasteiger partial charge in [-0.25, -0.2) is 4.98 Å². The SMILES string of the molecule is COc1cc(C#CC(C)(C)N)ccn1. The summed E-state index contributed by atoms with van der Waals surface area (Å²) in [6, 6.07) is 3.60. The molecule has 0 fully saturated rings. The molecule has 0 radical (unpaired) electrons. The molecule has 0 amide bonds. The number of nitrogens with two attached hydrogens (primary N) is 1. The fraction of sp³-hybridized carbons (Fsp3) is 0.364. The van der Waals surface area contributed by atoms with Crippen LogP contribution in [-0.4, -0.2) is 17.6 Å². The lowest BCUT2D eigenvalue weighted by molar-refractivity contribution is 0.398. The van der Waals surface area contributed by atoms with E-state index in [4.69, 9.17) is 10.5 Å². The van der Waals surface area contributed by atoms with Crippen molar-refractivity contribution < 1.29 is 4.74 Å².